The van der Waals surface area contributed by atoms with Crippen LogP contribution in [0.2, 0.25) is 0 Å². The Labute approximate surface area is 89.9 Å². The summed E-state index contributed by atoms with van der Waals surface area (Å²) in [4.78, 5) is 11.7. The molecule has 1 atom stereocenters. The monoisotopic (exact) mass is 204 g/mol. The number of nitrogens with one attached hydrogen (secondary N) is 2. The number of hydrogen-bond acceptors (Lipinski definition) is 2. The van der Waals surface area contributed by atoms with Gasteiger partial charge in [-0.05, 0) is 18.9 Å². The number of carbonyl (C=O) groups is 1. The third-order valence-corrected chi connectivity index (χ3v) is 2.83. The Morgan fingerprint density at radius 1 is 1.27 bits per heavy atom. The number of piperazine rings is 1. The van der Waals surface area contributed by atoms with E-state index in [4.69, 9.17) is 0 Å². The van der Waals surface area contributed by atoms with E-state index in [0.29, 0.717) is 0 Å². The first-order valence-corrected chi connectivity index (χ1v) is 5.28. The van der Waals surface area contributed by atoms with Crippen LogP contribution in [0.4, 0.5) is 0 Å². The lowest BCUT2D eigenvalue weighted by atomic mass is 9.90. The van der Waals surface area contributed by atoms with Gasteiger partial charge in [-0.15, -0.1) is 0 Å². The Morgan fingerprint density at radius 3 is 2.67 bits per heavy atom. The zero-order valence-corrected chi connectivity index (χ0v) is 8.92. The van der Waals surface area contributed by atoms with Gasteiger partial charge < -0.3 is 10.6 Å². The van der Waals surface area contributed by atoms with Crippen molar-refractivity contribution < 1.29 is 4.79 Å². The minimum Gasteiger partial charge on any atom is -0.353 e. The molecule has 0 radical (unpaired) electrons. The van der Waals surface area contributed by atoms with E-state index in [1.54, 1.807) is 0 Å². The Morgan fingerprint density at radius 2 is 2.00 bits per heavy atom. The average molecular weight is 204 g/mol. The number of hydrogen-bond donors (Lipinski definition) is 2. The zero-order valence-electron chi connectivity index (χ0n) is 8.92. The molecule has 1 aromatic carbocycles. The molecular formula is C12H16N2O. The summed E-state index contributed by atoms with van der Waals surface area (Å²) < 4.78 is 0. The van der Waals surface area contributed by atoms with Gasteiger partial charge >= 0.3 is 0 Å². The third kappa shape index (κ3) is 2.18. The van der Waals surface area contributed by atoms with Gasteiger partial charge in [-0.25, -0.2) is 0 Å². The molecule has 1 amide bonds. The van der Waals surface area contributed by atoms with Crippen LogP contribution >= 0.6 is 0 Å². The molecule has 1 aliphatic rings. The van der Waals surface area contributed by atoms with Crippen LogP contribution in [0.5, 0.6) is 0 Å². The standard InChI is InChI=1S/C12H16N2O/c1-12(11(15)13-7-8-14-12)9-10-5-3-2-4-6-10/h2-6,14H,7-9H2,1H3,(H,13,15)/t12-/m0/s1. The van der Waals surface area contributed by atoms with Crippen molar-refractivity contribution in [2.75, 3.05) is 13.1 Å². The van der Waals surface area contributed by atoms with Crippen molar-refractivity contribution in [1.82, 2.24) is 10.6 Å². The first-order valence-electron chi connectivity index (χ1n) is 5.28. The summed E-state index contributed by atoms with van der Waals surface area (Å²) in [6.45, 7) is 3.52. The molecular weight excluding hydrogens is 188 g/mol. The molecule has 0 spiro atoms. The lowest BCUT2D eigenvalue weighted by Crippen LogP contribution is -2.62. The minimum atomic E-state index is -0.459. The Balaban J connectivity index is 2.13. The lowest BCUT2D eigenvalue weighted by Gasteiger charge is -2.34. The quantitative estimate of drug-likeness (QED) is 0.745. The second kappa shape index (κ2) is 4.03. The molecule has 2 N–H and O–H groups in total. The van der Waals surface area contributed by atoms with E-state index in [1.807, 2.05) is 25.1 Å². The van der Waals surface area contributed by atoms with E-state index in [9.17, 15) is 4.79 Å². The van der Waals surface area contributed by atoms with Gasteiger partial charge in [0, 0.05) is 13.1 Å². The van der Waals surface area contributed by atoms with Gasteiger partial charge in [-0.1, -0.05) is 30.3 Å². The van der Waals surface area contributed by atoms with E-state index in [0.717, 1.165) is 19.5 Å². The molecule has 1 fully saturated rings. The summed E-state index contributed by atoms with van der Waals surface area (Å²) in [5.74, 6) is 0.0950. The van der Waals surface area contributed by atoms with Gasteiger partial charge in [0.05, 0.1) is 5.54 Å². The van der Waals surface area contributed by atoms with Crippen molar-refractivity contribution in [2.45, 2.75) is 18.9 Å². The molecule has 0 bridgehead atoms. The maximum absolute atomic E-state index is 11.7. The molecule has 0 aromatic heterocycles. The van der Waals surface area contributed by atoms with Crippen molar-refractivity contribution in [3.8, 4) is 0 Å². The van der Waals surface area contributed by atoms with Crippen molar-refractivity contribution in [1.29, 1.82) is 0 Å². The van der Waals surface area contributed by atoms with Gasteiger partial charge in [-0.2, -0.15) is 0 Å². The summed E-state index contributed by atoms with van der Waals surface area (Å²) in [7, 11) is 0. The fraction of sp³-hybridized carbons (Fsp3) is 0.417. The fourth-order valence-corrected chi connectivity index (χ4v) is 1.94. The van der Waals surface area contributed by atoms with Gasteiger partial charge in [0.1, 0.15) is 0 Å². The predicted molar refractivity (Wildman–Crippen MR) is 59.6 cm³/mol. The topological polar surface area (TPSA) is 41.1 Å². The smallest absolute Gasteiger partial charge is 0.240 e. The van der Waals surface area contributed by atoms with Crippen LogP contribution in [0.25, 0.3) is 0 Å². The summed E-state index contributed by atoms with van der Waals surface area (Å²) in [5, 5.41) is 6.17. The first kappa shape index (κ1) is 10.2. The maximum Gasteiger partial charge on any atom is 0.240 e. The molecule has 2 rings (SSSR count). The maximum atomic E-state index is 11.7. The predicted octanol–water partition coefficient (Wildman–Crippen LogP) is 0.707. The molecule has 3 heteroatoms. The molecule has 3 nitrogen and oxygen atoms in total. The van der Waals surface area contributed by atoms with Crippen LogP contribution in [0.3, 0.4) is 0 Å². The van der Waals surface area contributed by atoms with Crippen molar-refractivity contribution in [2.24, 2.45) is 0 Å². The molecule has 1 aliphatic heterocycles. The average Bonchev–Trinajstić information content (AvgIpc) is 2.24. The number of benzene rings is 1. The minimum absolute atomic E-state index is 0.0950. The summed E-state index contributed by atoms with van der Waals surface area (Å²) in [6.07, 6.45) is 0.736. The van der Waals surface area contributed by atoms with Crippen LogP contribution in [0.15, 0.2) is 30.3 Å². The molecule has 0 unspecified atom stereocenters. The first-order chi connectivity index (χ1) is 7.21. The van der Waals surface area contributed by atoms with Crippen LogP contribution in [-0.4, -0.2) is 24.5 Å². The number of amides is 1. The molecule has 1 heterocycles. The molecule has 1 aromatic rings. The van der Waals surface area contributed by atoms with E-state index in [2.05, 4.69) is 22.8 Å². The van der Waals surface area contributed by atoms with Crippen LogP contribution in [0, 0.1) is 0 Å². The van der Waals surface area contributed by atoms with Crippen molar-refractivity contribution >= 4 is 5.91 Å². The van der Waals surface area contributed by atoms with Gasteiger partial charge in [0.25, 0.3) is 0 Å². The Kier molecular flexibility index (Phi) is 2.73. The van der Waals surface area contributed by atoms with Gasteiger partial charge in [0.15, 0.2) is 0 Å². The van der Waals surface area contributed by atoms with Crippen molar-refractivity contribution in [3.63, 3.8) is 0 Å². The van der Waals surface area contributed by atoms with E-state index >= 15 is 0 Å². The second-order valence-corrected chi connectivity index (χ2v) is 4.18. The molecule has 1 saturated heterocycles. The Bertz CT molecular complexity index is 350. The highest BCUT2D eigenvalue weighted by molar-refractivity contribution is 5.86. The number of rotatable bonds is 2. The van der Waals surface area contributed by atoms with Crippen LogP contribution < -0.4 is 10.6 Å². The zero-order chi connectivity index (χ0) is 10.7. The largest absolute Gasteiger partial charge is 0.353 e. The molecule has 0 saturated carbocycles. The second-order valence-electron chi connectivity index (χ2n) is 4.18. The number of carbonyl (C=O) groups excluding carboxylic acids is 1. The molecule has 15 heavy (non-hydrogen) atoms. The summed E-state index contributed by atoms with van der Waals surface area (Å²) in [6, 6.07) is 10.1. The van der Waals surface area contributed by atoms with Crippen LogP contribution in [0.1, 0.15) is 12.5 Å². The molecule has 80 valence electrons. The normalized spacial score (nSPS) is 26.1. The van der Waals surface area contributed by atoms with Crippen molar-refractivity contribution in [3.05, 3.63) is 35.9 Å². The van der Waals surface area contributed by atoms with E-state index in [1.165, 1.54) is 5.56 Å². The summed E-state index contributed by atoms with van der Waals surface area (Å²) >= 11 is 0. The van der Waals surface area contributed by atoms with Gasteiger partial charge in [0.2, 0.25) is 5.91 Å². The highest BCUT2D eigenvalue weighted by Crippen LogP contribution is 2.14. The SMILES string of the molecule is C[C@@]1(Cc2ccccc2)NCCNC1=O. The van der Waals surface area contributed by atoms with E-state index in [-0.39, 0.29) is 5.91 Å². The highest BCUT2D eigenvalue weighted by atomic mass is 16.2. The highest BCUT2D eigenvalue weighted by Gasteiger charge is 2.34. The third-order valence-electron chi connectivity index (χ3n) is 2.83. The fourth-order valence-electron chi connectivity index (χ4n) is 1.94. The van der Waals surface area contributed by atoms with E-state index < -0.39 is 5.54 Å². The van der Waals surface area contributed by atoms with Crippen LogP contribution in [-0.2, 0) is 11.2 Å². The Hall–Kier alpha value is -1.35. The lowest BCUT2D eigenvalue weighted by molar-refractivity contribution is -0.128. The summed E-state index contributed by atoms with van der Waals surface area (Å²) in [5.41, 5.74) is 0.726. The molecule has 0 aliphatic carbocycles. The van der Waals surface area contributed by atoms with Gasteiger partial charge in [-0.3, -0.25) is 4.79 Å².